The minimum atomic E-state index is -0.823. The molecule has 3 amide bonds. The van der Waals surface area contributed by atoms with Gasteiger partial charge in [-0.3, -0.25) is 24.1 Å². The summed E-state index contributed by atoms with van der Waals surface area (Å²) in [5.41, 5.74) is 1.03. The van der Waals surface area contributed by atoms with E-state index in [1.165, 1.54) is 0 Å². The van der Waals surface area contributed by atoms with Crippen molar-refractivity contribution < 1.29 is 19.2 Å². The zero-order valence-corrected chi connectivity index (χ0v) is 16.5. The Kier molecular flexibility index (Phi) is 6.08. The summed E-state index contributed by atoms with van der Waals surface area (Å²) in [7, 11) is 0. The molecule has 2 aromatic carbocycles. The largest absolute Gasteiger partial charge is 0.326 e. The number of halogens is 1. The second-order valence-electron chi connectivity index (χ2n) is 5.85. The van der Waals surface area contributed by atoms with Gasteiger partial charge in [-0.2, -0.15) is 0 Å². The molecule has 0 saturated carbocycles. The summed E-state index contributed by atoms with van der Waals surface area (Å²) in [6.07, 6.45) is -0.138. The third-order valence-electron chi connectivity index (χ3n) is 3.90. The monoisotopic (exact) mass is 446 g/mol. The lowest BCUT2D eigenvalue weighted by Gasteiger charge is -2.13. The molecule has 6 nitrogen and oxygen atoms in total. The molecule has 0 spiro atoms. The van der Waals surface area contributed by atoms with Crippen LogP contribution in [0, 0.1) is 0 Å². The van der Waals surface area contributed by atoms with Crippen molar-refractivity contribution in [3.63, 3.8) is 0 Å². The van der Waals surface area contributed by atoms with E-state index in [1.54, 1.807) is 54.6 Å². The molecule has 0 radical (unpaired) electrons. The maximum Gasteiger partial charge on any atom is 0.289 e. The lowest BCUT2D eigenvalue weighted by Crippen LogP contribution is -2.36. The van der Waals surface area contributed by atoms with Crippen molar-refractivity contribution >= 4 is 56.2 Å². The van der Waals surface area contributed by atoms with Crippen LogP contribution in [-0.2, 0) is 9.59 Å². The van der Waals surface area contributed by atoms with Gasteiger partial charge in [-0.05, 0) is 24.3 Å². The van der Waals surface area contributed by atoms with Gasteiger partial charge in [0.1, 0.15) is 5.25 Å². The number of rotatable bonds is 6. The number of hydrogen-bond acceptors (Lipinski definition) is 5. The molecule has 0 unspecified atom stereocenters. The average Bonchev–Trinajstić information content (AvgIpc) is 2.91. The van der Waals surface area contributed by atoms with E-state index >= 15 is 0 Å². The average molecular weight is 447 g/mol. The lowest BCUT2D eigenvalue weighted by molar-refractivity contribution is -0.128. The maximum absolute atomic E-state index is 12.5. The van der Waals surface area contributed by atoms with E-state index in [1.807, 2.05) is 0 Å². The van der Waals surface area contributed by atoms with E-state index in [2.05, 4.69) is 21.2 Å². The topological polar surface area (TPSA) is 83.6 Å². The first-order valence-corrected chi connectivity index (χ1v) is 9.77. The fourth-order valence-corrected chi connectivity index (χ4v) is 3.80. The number of benzene rings is 2. The SMILES string of the molecule is O=C(C[C@@H]1SC(=O)N(CC(=O)c2ccccc2)C1=O)Nc1ccc(Br)cc1. The number of anilines is 1. The summed E-state index contributed by atoms with van der Waals surface area (Å²) in [4.78, 5) is 49.9. The number of nitrogens with one attached hydrogen (secondary N) is 1. The van der Waals surface area contributed by atoms with E-state index in [4.69, 9.17) is 0 Å². The third kappa shape index (κ3) is 4.84. The molecule has 1 N–H and O–H groups in total. The molecule has 0 aromatic heterocycles. The van der Waals surface area contributed by atoms with Crippen LogP contribution in [0.1, 0.15) is 16.8 Å². The van der Waals surface area contributed by atoms with Gasteiger partial charge < -0.3 is 5.32 Å². The second-order valence-corrected chi connectivity index (χ2v) is 7.91. The number of imide groups is 1. The van der Waals surface area contributed by atoms with Crippen molar-refractivity contribution in [1.29, 1.82) is 0 Å². The number of hydrogen-bond donors (Lipinski definition) is 1. The van der Waals surface area contributed by atoms with E-state index in [0.29, 0.717) is 11.3 Å². The van der Waals surface area contributed by atoms with E-state index < -0.39 is 16.4 Å². The Morgan fingerprint density at radius 2 is 1.70 bits per heavy atom. The molecule has 1 aliphatic rings. The predicted octanol–water partition coefficient (Wildman–Crippen LogP) is 3.72. The Morgan fingerprint density at radius 1 is 1.04 bits per heavy atom. The van der Waals surface area contributed by atoms with Gasteiger partial charge in [0.05, 0.1) is 6.54 Å². The summed E-state index contributed by atoms with van der Waals surface area (Å²) >= 11 is 4.09. The molecule has 2 aromatic rings. The van der Waals surface area contributed by atoms with Gasteiger partial charge >= 0.3 is 0 Å². The normalized spacial score (nSPS) is 16.5. The van der Waals surface area contributed by atoms with Gasteiger partial charge in [0.15, 0.2) is 5.78 Å². The number of carbonyl (C=O) groups excluding carboxylic acids is 4. The first-order chi connectivity index (χ1) is 12.9. The maximum atomic E-state index is 12.5. The highest BCUT2D eigenvalue weighted by Gasteiger charge is 2.41. The number of nitrogens with zero attached hydrogens (tertiary/aromatic N) is 1. The molecule has 1 aliphatic heterocycles. The highest BCUT2D eigenvalue weighted by molar-refractivity contribution is 9.10. The van der Waals surface area contributed by atoms with Crippen LogP contribution < -0.4 is 5.32 Å². The van der Waals surface area contributed by atoms with Gasteiger partial charge in [0.25, 0.3) is 5.24 Å². The summed E-state index contributed by atoms with van der Waals surface area (Å²) in [6, 6.07) is 15.5. The number of Topliss-reactive ketones (excluding diaryl/α,β-unsaturated/α-hetero) is 1. The van der Waals surface area contributed by atoms with E-state index in [0.717, 1.165) is 21.1 Å². The Hall–Kier alpha value is -2.45. The molecular formula is C19H15BrN2O4S. The molecule has 27 heavy (non-hydrogen) atoms. The van der Waals surface area contributed by atoms with Crippen LogP contribution in [0.3, 0.4) is 0 Å². The van der Waals surface area contributed by atoms with Gasteiger partial charge in [-0.1, -0.05) is 58.0 Å². The molecule has 0 aliphatic carbocycles. The first kappa shape index (κ1) is 19.3. The van der Waals surface area contributed by atoms with Crippen molar-refractivity contribution in [2.75, 3.05) is 11.9 Å². The van der Waals surface area contributed by atoms with E-state index in [-0.39, 0.29) is 24.7 Å². The number of amides is 3. The summed E-state index contributed by atoms with van der Waals surface area (Å²) in [5.74, 6) is -1.20. The minimum Gasteiger partial charge on any atom is -0.326 e. The number of carbonyl (C=O) groups is 4. The van der Waals surface area contributed by atoms with Crippen molar-refractivity contribution in [1.82, 2.24) is 4.90 Å². The molecule has 1 fully saturated rings. The quantitative estimate of drug-likeness (QED) is 0.683. The molecular weight excluding hydrogens is 432 g/mol. The fraction of sp³-hybridized carbons (Fsp3) is 0.158. The van der Waals surface area contributed by atoms with Gasteiger partial charge in [-0.15, -0.1) is 0 Å². The number of thioether (sulfide) groups is 1. The van der Waals surface area contributed by atoms with Gasteiger partial charge in [0, 0.05) is 22.1 Å². The molecule has 0 bridgehead atoms. The molecule has 1 atom stereocenters. The van der Waals surface area contributed by atoms with Crippen molar-refractivity contribution in [2.24, 2.45) is 0 Å². The van der Waals surface area contributed by atoms with Crippen LogP contribution in [-0.4, -0.2) is 39.5 Å². The van der Waals surface area contributed by atoms with Crippen LogP contribution in [0.5, 0.6) is 0 Å². The van der Waals surface area contributed by atoms with Gasteiger partial charge in [0.2, 0.25) is 11.8 Å². The number of ketones is 1. The zero-order chi connectivity index (χ0) is 19.4. The highest BCUT2D eigenvalue weighted by Crippen LogP contribution is 2.29. The van der Waals surface area contributed by atoms with Crippen LogP contribution in [0.15, 0.2) is 59.1 Å². The Morgan fingerprint density at radius 3 is 2.37 bits per heavy atom. The summed E-state index contributed by atoms with van der Waals surface area (Å²) in [5, 5.41) is 1.36. The second kappa shape index (κ2) is 8.49. The molecule has 3 rings (SSSR count). The predicted molar refractivity (Wildman–Crippen MR) is 107 cm³/mol. The Labute approximate surface area is 168 Å². The minimum absolute atomic E-state index is 0.138. The van der Waals surface area contributed by atoms with Crippen LogP contribution in [0.4, 0.5) is 10.5 Å². The standard InChI is InChI=1S/C19H15BrN2O4S/c20-13-6-8-14(9-7-13)21-17(24)10-16-18(25)22(19(26)27-16)11-15(23)12-4-2-1-3-5-12/h1-9,16H,10-11H2,(H,21,24)/t16-/m0/s1. The highest BCUT2D eigenvalue weighted by atomic mass is 79.9. The summed E-state index contributed by atoms with van der Waals surface area (Å²) in [6.45, 7) is -0.320. The van der Waals surface area contributed by atoms with Crippen LogP contribution in [0.25, 0.3) is 0 Å². The smallest absolute Gasteiger partial charge is 0.289 e. The first-order valence-electron chi connectivity index (χ1n) is 8.09. The van der Waals surface area contributed by atoms with Crippen molar-refractivity contribution in [2.45, 2.75) is 11.7 Å². The molecule has 138 valence electrons. The fourth-order valence-electron chi connectivity index (χ4n) is 2.54. The van der Waals surface area contributed by atoms with Crippen molar-refractivity contribution in [3.8, 4) is 0 Å². The molecule has 1 heterocycles. The lowest BCUT2D eigenvalue weighted by atomic mass is 10.1. The van der Waals surface area contributed by atoms with Crippen LogP contribution in [0.2, 0.25) is 0 Å². The zero-order valence-electron chi connectivity index (χ0n) is 14.1. The molecule has 8 heteroatoms. The van der Waals surface area contributed by atoms with Crippen molar-refractivity contribution in [3.05, 3.63) is 64.6 Å². The van der Waals surface area contributed by atoms with E-state index in [9.17, 15) is 19.2 Å². The Bertz CT molecular complexity index is 886. The van der Waals surface area contributed by atoms with Crippen LogP contribution >= 0.6 is 27.7 Å². The van der Waals surface area contributed by atoms with Gasteiger partial charge in [-0.25, -0.2) is 0 Å². The summed E-state index contributed by atoms with van der Waals surface area (Å²) < 4.78 is 0.881. The third-order valence-corrected chi connectivity index (χ3v) is 5.50. The molecule has 1 saturated heterocycles. The Balaban J connectivity index is 1.59.